The summed E-state index contributed by atoms with van der Waals surface area (Å²) >= 11 is 1.96. The highest BCUT2D eigenvalue weighted by Crippen LogP contribution is 2.16. The lowest BCUT2D eigenvalue weighted by Gasteiger charge is -2.13. The Hall–Kier alpha value is -0.670. The van der Waals surface area contributed by atoms with Crippen LogP contribution >= 0.6 is 11.8 Å². The molecule has 0 atom stereocenters. The first-order valence-corrected chi connectivity index (χ1v) is 8.34. The van der Waals surface area contributed by atoms with Crippen molar-refractivity contribution in [2.45, 2.75) is 27.7 Å². The number of para-hydroxylation sites is 1. The molecule has 1 aromatic carbocycles. The van der Waals surface area contributed by atoms with Gasteiger partial charge in [0.15, 0.2) is 0 Å². The first-order chi connectivity index (χ1) is 9.24. The summed E-state index contributed by atoms with van der Waals surface area (Å²) in [6.07, 6.45) is 0. The van der Waals surface area contributed by atoms with Crippen molar-refractivity contribution in [3.8, 4) is 5.75 Å². The molecule has 0 radical (unpaired) electrons. The van der Waals surface area contributed by atoms with Crippen molar-refractivity contribution in [2.24, 2.45) is 0 Å². The normalized spacial score (nSPS) is 10.0. The fraction of sp³-hybridized carbons (Fsp3) is 0.625. The molecule has 0 aliphatic rings. The molecule has 0 amide bonds. The smallest absolute Gasteiger partial charge is 0.122 e. The zero-order chi connectivity index (χ0) is 14.5. The molecule has 110 valence electrons. The van der Waals surface area contributed by atoms with Crippen LogP contribution in [0.5, 0.6) is 5.75 Å². The van der Waals surface area contributed by atoms with Gasteiger partial charge in [0, 0.05) is 18.1 Å². The molecule has 0 bridgehead atoms. The van der Waals surface area contributed by atoms with Crippen molar-refractivity contribution in [3.05, 3.63) is 29.8 Å². The van der Waals surface area contributed by atoms with Gasteiger partial charge in [0.05, 0.1) is 6.61 Å². The van der Waals surface area contributed by atoms with Gasteiger partial charge < -0.3 is 9.64 Å². The number of hydrogen-bond acceptors (Lipinski definition) is 3. The predicted octanol–water partition coefficient (Wildman–Crippen LogP) is 4.08. The Morgan fingerprint density at radius 1 is 1.16 bits per heavy atom. The second-order valence-electron chi connectivity index (χ2n) is 4.12. The summed E-state index contributed by atoms with van der Waals surface area (Å²) < 4.78 is 5.74. The van der Waals surface area contributed by atoms with Crippen LogP contribution in [0.25, 0.3) is 0 Å². The summed E-state index contributed by atoms with van der Waals surface area (Å²) in [4.78, 5) is 2.33. The summed E-state index contributed by atoms with van der Waals surface area (Å²) in [7, 11) is 2.16. The second-order valence-corrected chi connectivity index (χ2v) is 5.35. The Kier molecular flexibility index (Phi) is 11.9. The van der Waals surface area contributed by atoms with Crippen molar-refractivity contribution in [2.75, 3.05) is 38.2 Å². The maximum atomic E-state index is 5.74. The van der Waals surface area contributed by atoms with E-state index in [4.69, 9.17) is 4.74 Å². The summed E-state index contributed by atoms with van der Waals surface area (Å²) in [5.41, 5.74) is 1.21. The lowest BCUT2D eigenvalue weighted by Crippen LogP contribution is -2.20. The quantitative estimate of drug-likeness (QED) is 0.667. The Bertz CT molecular complexity index is 317. The SMILES string of the molecule is CC.CCN(C)CCSCCOc1ccccc1C. The van der Waals surface area contributed by atoms with Gasteiger partial charge in [0.1, 0.15) is 5.75 Å². The molecule has 0 aliphatic carbocycles. The fourth-order valence-corrected chi connectivity index (χ4v) is 2.26. The number of nitrogens with zero attached hydrogens (tertiary/aromatic N) is 1. The van der Waals surface area contributed by atoms with Gasteiger partial charge in [0.25, 0.3) is 0 Å². The van der Waals surface area contributed by atoms with E-state index < -0.39 is 0 Å². The number of aryl methyl sites for hydroxylation is 1. The molecule has 0 N–H and O–H groups in total. The van der Waals surface area contributed by atoms with Crippen LogP contribution in [0.1, 0.15) is 26.3 Å². The third-order valence-electron chi connectivity index (χ3n) is 2.74. The summed E-state index contributed by atoms with van der Waals surface area (Å²) in [5.74, 6) is 3.26. The highest BCUT2D eigenvalue weighted by molar-refractivity contribution is 7.99. The van der Waals surface area contributed by atoms with E-state index in [1.165, 1.54) is 11.3 Å². The standard InChI is InChI=1S/C14H23NOS.C2H6/c1-4-15(3)9-11-17-12-10-16-14-8-6-5-7-13(14)2;1-2/h5-8H,4,9-12H2,1-3H3;1-2H3. The number of hydrogen-bond donors (Lipinski definition) is 0. The first-order valence-electron chi connectivity index (χ1n) is 7.18. The van der Waals surface area contributed by atoms with E-state index in [0.29, 0.717) is 0 Å². The third-order valence-corrected chi connectivity index (χ3v) is 3.66. The van der Waals surface area contributed by atoms with Crippen molar-refractivity contribution in [3.63, 3.8) is 0 Å². The molecule has 0 heterocycles. The van der Waals surface area contributed by atoms with Gasteiger partial charge in [-0.2, -0.15) is 11.8 Å². The molecule has 19 heavy (non-hydrogen) atoms. The first kappa shape index (κ1) is 18.3. The van der Waals surface area contributed by atoms with E-state index in [2.05, 4.69) is 31.9 Å². The topological polar surface area (TPSA) is 12.5 Å². The predicted molar refractivity (Wildman–Crippen MR) is 88.5 cm³/mol. The molecular formula is C16H29NOS. The maximum Gasteiger partial charge on any atom is 0.122 e. The van der Waals surface area contributed by atoms with Crippen LogP contribution in [0.3, 0.4) is 0 Å². The summed E-state index contributed by atoms with van der Waals surface area (Å²) in [6, 6.07) is 8.17. The molecule has 1 aromatic rings. The van der Waals surface area contributed by atoms with E-state index in [1.54, 1.807) is 0 Å². The van der Waals surface area contributed by atoms with Crippen LogP contribution in [-0.4, -0.2) is 43.1 Å². The highest BCUT2D eigenvalue weighted by atomic mass is 32.2. The van der Waals surface area contributed by atoms with Crippen molar-refractivity contribution in [1.82, 2.24) is 4.90 Å². The van der Waals surface area contributed by atoms with Gasteiger partial charge >= 0.3 is 0 Å². The molecule has 3 heteroatoms. The molecule has 0 aliphatic heterocycles. The molecule has 0 fully saturated rings. The van der Waals surface area contributed by atoms with Gasteiger partial charge in [-0.05, 0) is 32.1 Å². The Morgan fingerprint density at radius 3 is 2.47 bits per heavy atom. The minimum Gasteiger partial charge on any atom is -0.492 e. The van der Waals surface area contributed by atoms with Gasteiger partial charge in [-0.3, -0.25) is 0 Å². The van der Waals surface area contributed by atoms with E-state index in [1.807, 2.05) is 43.8 Å². The van der Waals surface area contributed by atoms with Crippen molar-refractivity contribution in [1.29, 1.82) is 0 Å². The van der Waals surface area contributed by atoms with Gasteiger partial charge in [-0.25, -0.2) is 0 Å². The molecule has 2 nitrogen and oxygen atoms in total. The van der Waals surface area contributed by atoms with Crippen LogP contribution < -0.4 is 4.74 Å². The van der Waals surface area contributed by atoms with E-state index in [0.717, 1.165) is 31.2 Å². The number of ether oxygens (including phenoxy) is 1. The van der Waals surface area contributed by atoms with E-state index in [9.17, 15) is 0 Å². The Balaban J connectivity index is 0.00000154. The average molecular weight is 283 g/mol. The Labute approximate surface area is 123 Å². The third kappa shape index (κ3) is 8.95. The van der Waals surface area contributed by atoms with Crippen LogP contribution in [0, 0.1) is 6.92 Å². The van der Waals surface area contributed by atoms with Crippen LogP contribution in [0.15, 0.2) is 24.3 Å². The fourth-order valence-electron chi connectivity index (χ4n) is 1.41. The van der Waals surface area contributed by atoms with Crippen molar-refractivity contribution < 1.29 is 4.74 Å². The average Bonchev–Trinajstić information content (AvgIpc) is 2.46. The lowest BCUT2D eigenvalue weighted by molar-refractivity contribution is 0.341. The monoisotopic (exact) mass is 283 g/mol. The minimum absolute atomic E-state index is 0.797. The zero-order valence-corrected chi connectivity index (χ0v) is 13.9. The molecule has 0 unspecified atom stereocenters. The summed E-state index contributed by atoms with van der Waals surface area (Å²) in [5, 5.41) is 0. The van der Waals surface area contributed by atoms with Gasteiger partial charge in [-0.15, -0.1) is 0 Å². The number of thioether (sulfide) groups is 1. The van der Waals surface area contributed by atoms with Crippen molar-refractivity contribution >= 4 is 11.8 Å². The molecule has 0 saturated heterocycles. The van der Waals surface area contributed by atoms with Gasteiger partial charge in [-0.1, -0.05) is 39.0 Å². The van der Waals surface area contributed by atoms with Gasteiger partial charge in [0.2, 0.25) is 0 Å². The van der Waals surface area contributed by atoms with E-state index >= 15 is 0 Å². The molecule has 0 aromatic heterocycles. The zero-order valence-electron chi connectivity index (χ0n) is 13.1. The number of benzene rings is 1. The summed E-state index contributed by atoms with van der Waals surface area (Å²) in [6.45, 7) is 11.3. The molecule has 1 rings (SSSR count). The van der Waals surface area contributed by atoms with Crippen LogP contribution in [0.2, 0.25) is 0 Å². The Morgan fingerprint density at radius 2 is 1.84 bits per heavy atom. The maximum absolute atomic E-state index is 5.74. The van der Waals surface area contributed by atoms with Crippen LogP contribution in [-0.2, 0) is 0 Å². The molecular weight excluding hydrogens is 254 g/mol. The largest absolute Gasteiger partial charge is 0.492 e. The molecule has 0 spiro atoms. The highest BCUT2D eigenvalue weighted by Gasteiger charge is 1.98. The second kappa shape index (κ2) is 12.4. The van der Waals surface area contributed by atoms with E-state index in [-0.39, 0.29) is 0 Å². The minimum atomic E-state index is 0.797. The number of rotatable bonds is 8. The van der Waals surface area contributed by atoms with Crippen LogP contribution in [0.4, 0.5) is 0 Å². The lowest BCUT2D eigenvalue weighted by atomic mass is 10.2. The molecule has 0 saturated carbocycles.